The topological polar surface area (TPSA) is 64.3 Å². The molecule has 0 bridgehead atoms. The van der Waals surface area contributed by atoms with Gasteiger partial charge >= 0.3 is 0 Å². The molecule has 1 aliphatic heterocycles. The molecule has 0 amide bonds. The Bertz CT molecular complexity index is 985. The Hall–Kier alpha value is -2.57. The van der Waals surface area contributed by atoms with Gasteiger partial charge in [0.15, 0.2) is 0 Å². The summed E-state index contributed by atoms with van der Waals surface area (Å²) in [5.41, 5.74) is 11.4. The molecule has 5 nitrogen and oxygen atoms in total. The van der Waals surface area contributed by atoms with Gasteiger partial charge in [-0.15, -0.1) is 0 Å². The highest BCUT2D eigenvalue weighted by molar-refractivity contribution is 7.99. The maximum absolute atomic E-state index is 5.87. The average molecular weight is 407 g/mol. The predicted octanol–water partition coefficient (Wildman–Crippen LogP) is 4.25. The molecular formula is C23H26N4OS. The van der Waals surface area contributed by atoms with Gasteiger partial charge in [0.25, 0.3) is 0 Å². The monoisotopic (exact) mass is 406 g/mol. The maximum Gasteiger partial charge on any atom is 0.133 e. The Balaban J connectivity index is 1.48. The number of nitrogen functional groups attached to an aromatic ring is 1. The van der Waals surface area contributed by atoms with Gasteiger partial charge in [0.2, 0.25) is 0 Å². The van der Waals surface area contributed by atoms with E-state index < -0.39 is 0 Å². The van der Waals surface area contributed by atoms with Crippen LogP contribution < -0.4 is 10.6 Å². The van der Waals surface area contributed by atoms with E-state index in [1.165, 1.54) is 16.1 Å². The van der Waals surface area contributed by atoms with Crippen LogP contribution in [-0.4, -0.2) is 36.3 Å². The lowest BCUT2D eigenvalue weighted by Gasteiger charge is -2.28. The number of benzene rings is 2. The van der Waals surface area contributed by atoms with Gasteiger partial charge < -0.3 is 15.4 Å². The zero-order valence-electron chi connectivity index (χ0n) is 16.9. The Morgan fingerprint density at radius 3 is 2.52 bits per heavy atom. The van der Waals surface area contributed by atoms with Crippen LogP contribution >= 0.6 is 11.8 Å². The van der Waals surface area contributed by atoms with Crippen LogP contribution in [0.3, 0.4) is 0 Å². The third-order valence-corrected chi connectivity index (χ3v) is 6.34. The van der Waals surface area contributed by atoms with Crippen molar-refractivity contribution in [2.75, 3.05) is 36.9 Å². The van der Waals surface area contributed by atoms with Crippen molar-refractivity contribution in [2.24, 2.45) is 0 Å². The second kappa shape index (κ2) is 8.84. The molecule has 1 fully saturated rings. The van der Waals surface area contributed by atoms with Gasteiger partial charge in [-0.25, -0.2) is 9.97 Å². The minimum Gasteiger partial charge on any atom is -0.399 e. The number of anilines is 2. The highest BCUT2D eigenvalue weighted by Crippen LogP contribution is 2.32. The van der Waals surface area contributed by atoms with Crippen LogP contribution in [-0.2, 0) is 11.2 Å². The first-order valence-corrected chi connectivity index (χ1v) is 10.7. The van der Waals surface area contributed by atoms with Gasteiger partial charge in [-0.1, -0.05) is 23.9 Å². The van der Waals surface area contributed by atoms with Gasteiger partial charge in [0.1, 0.15) is 10.9 Å². The summed E-state index contributed by atoms with van der Waals surface area (Å²) in [6, 6.07) is 14.7. The van der Waals surface area contributed by atoms with Gasteiger partial charge in [-0.2, -0.15) is 0 Å². The summed E-state index contributed by atoms with van der Waals surface area (Å²) >= 11 is 1.67. The summed E-state index contributed by atoms with van der Waals surface area (Å²) in [6.45, 7) is 7.62. The van der Waals surface area contributed by atoms with Crippen molar-refractivity contribution in [1.82, 2.24) is 9.97 Å². The van der Waals surface area contributed by atoms with E-state index in [4.69, 9.17) is 15.5 Å². The predicted molar refractivity (Wildman–Crippen MR) is 119 cm³/mol. The zero-order chi connectivity index (χ0) is 20.2. The fourth-order valence-electron chi connectivity index (χ4n) is 3.37. The molecule has 29 heavy (non-hydrogen) atoms. The first-order valence-electron chi connectivity index (χ1n) is 9.86. The first-order chi connectivity index (χ1) is 14.1. The van der Waals surface area contributed by atoms with Crippen LogP contribution in [0.25, 0.3) is 0 Å². The molecule has 3 aromatic rings. The van der Waals surface area contributed by atoms with Crippen molar-refractivity contribution in [1.29, 1.82) is 0 Å². The minimum atomic E-state index is 0.720. The number of aryl methyl sites for hydroxylation is 2. The summed E-state index contributed by atoms with van der Waals surface area (Å²) in [5.74, 6) is 0.838. The summed E-state index contributed by atoms with van der Waals surface area (Å²) < 4.78 is 5.43. The fraction of sp³-hybridized carbons (Fsp3) is 0.304. The van der Waals surface area contributed by atoms with E-state index in [1.54, 1.807) is 11.8 Å². The van der Waals surface area contributed by atoms with Crippen LogP contribution in [0.2, 0.25) is 0 Å². The van der Waals surface area contributed by atoms with Gasteiger partial charge in [0, 0.05) is 42.0 Å². The molecule has 0 saturated carbocycles. The Kier molecular flexibility index (Phi) is 6.02. The first kappa shape index (κ1) is 19.7. The minimum absolute atomic E-state index is 0.720. The number of hydrogen-bond acceptors (Lipinski definition) is 6. The van der Waals surface area contributed by atoms with Crippen LogP contribution in [0.15, 0.2) is 58.6 Å². The van der Waals surface area contributed by atoms with E-state index >= 15 is 0 Å². The van der Waals surface area contributed by atoms with Crippen molar-refractivity contribution in [3.63, 3.8) is 0 Å². The molecule has 2 heterocycles. The SMILES string of the molecule is Cc1cc(N)ccc1Sc1nc(Cc2ccc(N3CCOCC3)cc2)ncc1C. The molecule has 4 rings (SSSR count). The zero-order valence-corrected chi connectivity index (χ0v) is 17.7. The van der Waals surface area contributed by atoms with Crippen LogP contribution in [0.1, 0.15) is 22.5 Å². The van der Waals surface area contributed by atoms with Crippen LogP contribution in [0.4, 0.5) is 11.4 Å². The molecule has 0 unspecified atom stereocenters. The second-order valence-corrected chi connectivity index (χ2v) is 8.37. The van der Waals surface area contributed by atoms with E-state index in [1.807, 2.05) is 18.3 Å². The maximum atomic E-state index is 5.87. The lowest BCUT2D eigenvalue weighted by atomic mass is 10.1. The molecule has 1 saturated heterocycles. The van der Waals surface area contributed by atoms with Crippen molar-refractivity contribution in [3.8, 4) is 0 Å². The Morgan fingerprint density at radius 1 is 1.03 bits per heavy atom. The smallest absolute Gasteiger partial charge is 0.133 e. The van der Waals surface area contributed by atoms with Gasteiger partial charge in [-0.3, -0.25) is 0 Å². The highest BCUT2D eigenvalue weighted by Gasteiger charge is 2.12. The lowest BCUT2D eigenvalue weighted by Crippen LogP contribution is -2.36. The molecule has 2 aromatic carbocycles. The van der Waals surface area contributed by atoms with Crippen LogP contribution in [0, 0.1) is 13.8 Å². The molecule has 0 atom stereocenters. The lowest BCUT2D eigenvalue weighted by molar-refractivity contribution is 0.122. The highest BCUT2D eigenvalue weighted by atomic mass is 32.2. The van der Waals surface area contributed by atoms with E-state index in [0.717, 1.165) is 60.4 Å². The Morgan fingerprint density at radius 2 is 1.79 bits per heavy atom. The molecule has 150 valence electrons. The van der Waals surface area contributed by atoms with Crippen molar-refractivity contribution >= 4 is 23.1 Å². The van der Waals surface area contributed by atoms with E-state index in [-0.39, 0.29) is 0 Å². The van der Waals surface area contributed by atoms with Crippen molar-refractivity contribution < 1.29 is 4.74 Å². The van der Waals surface area contributed by atoms with Crippen molar-refractivity contribution in [2.45, 2.75) is 30.2 Å². The number of nitrogens with zero attached hydrogens (tertiary/aromatic N) is 3. The molecule has 6 heteroatoms. The number of hydrogen-bond donors (Lipinski definition) is 1. The molecule has 0 radical (unpaired) electrons. The number of morpholine rings is 1. The molecule has 0 aliphatic carbocycles. The summed E-state index contributed by atoms with van der Waals surface area (Å²) in [6.07, 6.45) is 2.64. The Labute approximate surface area is 176 Å². The van der Waals surface area contributed by atoms with Gasteiger partial charge in [0.05, 0.1) is 13.2 Å². The number of aromatic nitrogens is 2. The van der Waals surface area contributed by atoms with Crippen molar-refractivity contribution in [3.05, 3.63) is 71.2 Å². The number of ether oxygens (including phenoxy) is 1. The molecule has 1 aliphatic rings. The average Bonchev–Trinajstić information content (AvgIpc) is 2.73. The fourth-order valence-corrected chi connectivity index (χ4v) is 4.30. The standard InChI is InChI=1S/C23H26N4OS/c1-16-13-19(24)5-8-21(16)29-23-17(2)15-25-22(26-23)14-18-3-6-20(7-4-18)27-9-11-28-12-10-27/h3-8,13,15H,9-12,14,24H2,1-2H3. The van der Waals surface area contributed by atoms with E-state index in [0.29, 0.717) is 0 Å². The summed E-state index contributed by atoms with van der Waals surface area (Å²) in [5, 5.41) is 0.993. The number of rotatable bonds is 5. The molecular weight excluding hydrogens is 380 g/mol. The normalized spacial score (nSPS) is 14.2. The summed E-state index contributed by atoms with van der Waals surface area (Å²) in [7, 11) is 0. The van der Waals surface area contributed by atoms with E-state index in [2.05, 4.69) is 54.1 Å². The largest absolute Gasteiger partial charge is 0.399 e. The quantitative estimate of drug-likeness (QED) is 0.505. The summed E-state index contributed by atoms with van der Waals surface area (Å²) in [4.78, 5) is 12.9. The molecule has 1 aromatic heterocycles. The third-order valence-electron chi connectivity index (χ3n) is 5.06. The number of nitrogens with two attached hydrogens (primary N) is 1. The van der Waals surface area contributed by atoms with Gasteiger partial charge in [-0.05, 0) is 60.9 Å². The van der Waals surface area contributed by atoms with Crippen LogP contribution in [0.5, 0.6) is 0 Å². The van der Waals surface area contributed by atoms with E-state index in [9.17, 15) is 0 Å². The third kappa shape index (κ3) is 4.89. The molecule has 0 spiro atoms. The second-order valence-electron chi connectivity index (χ2n) is 7.34. The molecule has 2 N–H and O–H groups in total.